The monoisotopic (exact) mass is 528 g/mol. The number of likely N-dealkylation sites (tertiary alicyclic amines) is 1. The lowest BCUT2D eigenvalue weighted by molar-refractivity contribution is -0.200. The summed E-state index contributed by atoms with van der Waals surface area (Å²) >= 11 is 0. The van der Waals surface area contributed by atoms with E-state index < -0.39 is 5.60 Å². The van der Waals surface area contributed by atoms with Gasteiger partial charge in [-0.15, -0.1) is 5.10 Å². The van der Waals surface area contributed by atoms with Crippen LogP contribution in [-0.2, 0) is 16.6 Å². The second kappa shape index (κ2) is 7.76. The highest BCUT2D eigenvalue weighted by atomic mass is 16.6. The molecule has 2 fully saturated rings. The van der Waals surface area contributed by atoms with E-state index in [2.05, 4.69) is 51.7 Å². The van der Waals surface area contributed by atoms with Crippen molar-refractivity contribution in [2.45, 2.75) is 48.3 Å². The minimum atomic E-state index is -0.759. The number of benzene rings is 2. The van der Waals surface area contributed by atoms with Gasteiger partial charge in [0.2, 0.25) is 5.89 Å². The third-order valence-electron chi connectivity index (χ3n) is 10.4. The van der Waals surface area contributed by atoms with E-state index in [0.29, 0.717) is 17.9 Å². The molecule has 2 aromatic carbocycles. The Balaban J connectivity index is 1.25. The number of rotatable bonds is 6. The summed E-state index contributed by atoms with van der Waals surface area (Å²) in [6, 6.07) is 12.6. The van der Waals surface area contributed by atoms with E-state index in [-0.39, 0.29) is 22.9 Å². The van der Waals surface area contributed by atoms with E-state index >= 15 is 0 Å². The first kappa shape index (κ1) is 23.3. The smallest absolute Gasteiger partial charge is 0.320 e. The SMILES string of the molecule is COc1ccc(Nc2nnc([C@H]3C[C@@]45C=C[C@]3(OC)[C@@H]3Oc6c(OC)ccc7c6[C@@]34CCN(C)[C@@H]5C7)o2)cc1. The van der Waals surface area contributed by atoms with Gasteiger partial charge in [-0.05, 0) is 68.8 Å². The average Bonchev–Trinajstić information content (AvgIpc) is 3.58. The van der Waals surface area contributed by atoms with Gasteiger partial charge in [-0.2, -0.15) is 0 Å². The largest absolute Gasteiger partial charge is 0.497 e. The molecule has 1 saturated heterocycles. The van der Waals surface area contributed by atoms with Crippen molar-refractivity contribution >= 4 is 11.7 Å². The molecule has 9 heteroatoms. The summed E-state index contributed by atoms with van der Waals surface area (Å²) in [6.45, 7) is 1.01. The number of anilines is 2. The summed E-state index contributed by atoms with van der Waals surface area (Å²) in [4.78, 5) is 2.53. The van der Waals surface area contributed by atoms with Gasteiger partial charge in [-0.25, -0.2) is 0 Å². The van der Waals surface area contributed by atoms with Gasteiger partial charge in [0.1, 0.15) is 17.5 Å². The normalized spacial score (nSPS) is 34.9. The predicted octanol–water partition coefficient (Wildman–Crippen LogP) is 4.22. The summed E-state index contributed by atoms with van der Waals surface area (Å²) in [6.07, 6.45) is 7.25. The third-order valence-corrected chi connectivity index (χ3v) is 10.4. The molecule has 9 nitrogen and oxygen atoms in total. The maximum atomic E-state index is 7.00. The molecule has 202 valence electrons. The van der Waals surface area contributed by atoms with Crippen molar-refractivity contribution in [3.05, 3.63) is 65.6 Å². The molecular weight excluding hydrogens is 496 g/mol. The van der Waals surface area contributed by atoms with E-state index in [9.17, 15) is 0 Å². The van der Waals surface area contributed by atoms with Gasteiger partial charge < -0.3 is 33.6 Å². The number of fused-ring (bicyclic) bond motifs is 1. The lowest BCUT2D eigenvalue weighted by Gasteiger charge is -2.70. The van der Waals surface area contributed by atoms with E-state index in [1.807, 2.05) is 24.3 Å². The third kappa shape index (κ3) is 2.67. The first-order chi connectivity index (χ1) is 19.0. The van der Waals surface area contributed by atoms with Crippen LogP contribution >= 0.6 is 0 Å². The summed E-state index contributed by atoms with van der Waals surface area (Å²) in [5.41, 5.74) is 2.42. The van der Waals surface area contributed by atoms with Crippen molar-refractivity contribution < 1.29 is 23.4 Å². The van der Waals surface area contributed by atoms with Crippen molar-refractivity contribution in [3.8, 4) is 17.2 Å². The second-order valence-corrected chi connectivity index (χ2v) is 11.5. The Bertz CT molecular complexity index is 1500. The fourth-order valence-electron chi connectivity index (χ4n) is 8.71. The fraction of sp³-hybridized carbons (Fsp3) is 0.467. The molecule has 2 spiro atoms. The van der Waals surface area contributed by atoms with Crippen LogP contribution in [0.25, 0.3) is 0 Å². The quantitative estimate of drug-likeness (QED) is 0.472. The predicted molar refractivity (Wildman–Crippen MR) is 143 cm³/mol. The summed E-state index contributed by atoms with van der Waals surface area (Å²) in [5, 5.41) is 12.2. The molecule has 39 heavy (non-hydrogen) atoms. The Morgan fingerprint density at radius 3 is 2.64 bits per heavy atom. The van der Waals surface area contributed by atoms with Crippen LogP contribution in [0, 0.1) is 5.41 Å². The zero-order chi connectivity index (χ0) is 26.6. The number of hydrogen-bond donors (Lipinski definition) is 1. The molecule has 0 unspecified atom stereocenters. The van der Waals surface area contributed by atoms with Crippen LogP contribution < -0.4 is 19.5 Å². The molecule has 6 aliphatic rings. The molecule has 0 amide bonds. The van der Waals surface area contributed by atoms with E-state index in [4.69, 9.17) is 23.4 Å². The van der Waals surface area contributed by atoms with Gasteiger partial charge in [0.25, 0.3) is 0 Å². The van der Waals surface area contributed by atoms with Gasteiger partial charge in [0.15, 0.2) is 11.5 Å². The molecule has 9 rings (SSSR count). The Morgan fingerprint density at radius 1 is 1.03 bits per heavy atom. The Morgan fingerprint density at radius 2 is 1.87 bits per heavy atom. The van der Waals surface area contributed by atoms with Crippen LogP contribution in [0.2, 0.25) is 0 Å². The lowest BCUT2D eigenvalue weighted by Crippen LogP contribution is -2.78. The molecule has 6 atom stereocenters. The Kier molecular flexibility index (Phi) is 4.64. The highest BCUT2D eigenvalue weighted by molar-refractivity contribution is 5.66. The zero-order valence-corrected chi connectivity index (χ0v) is 22.6. The molecule has 2 aliphatic heterocycles. The number of ether oxygens (including phenoxy) is 4. The molecule has 1 saturated carbocycles. The van der Waals surface area contributed by atoms with E-state index in [1.165, 1.54) is 11.1 Å². The molecule has 1 N–H and O–H groups in total. The Hall–Kier alpha value is -3.56. The molecule has 4 aliphatic carbocycles. The average molecular weight is 529 g/mol. The van der Waals surface area contributed by atoms with Gasteiger partial charge in [-0.1, -0.05) is 23.3 Å². The van der Waals surface area contributed by atoms with E-state index in [1.54, 1.807) is 21.3 Å². The first-order valence-electron chi connectivity index (χ1n) is 13.6. The number of piperidine rings is 1. The lowest BCUT2D eigenvalue weighted by atomic mass is 9.37. The number of likely N-dealkylation sites (N-methyl/N-ethyl adjacent to an activating group) is 1. The van der Waals surface area contributed by atoms with Crippen molar-refractivity contribution in [1.82, 2.24) is 15.1 Å². The van der Waals surface area contributed by atoms with Crippen molar-refractivity contribution in [2.75, 3.05) is 40.2 Å². The van der Waals surface area contributed by atoms with Gasteiger partial charge in [0, 0.05) is 29.8 Å². The highest BCUT2D eigenvalue weighted by Gasteiger charge is 2.79. The minimum Gasteiger partial charge on any atom is -0.497 e. The Labute approximate surface area is 227 Å². The summed E-state index contributed by atoms with van der Waals surface area (Å²) < 4.78 is 30.9. The maximum Gasteiger partial charge on any atom is 0.320 e. The molecule has 4 bridgehead atoms. The number of aromatic nitrogens is 2. The molecule has 3 aromatic rings. The van der Waals surface area contributed by atoms with Crippen molar-refractivity contribution in [1.29, 1.82) is 0 Å². The minimum absolute atomic E-state index is 0.154. The van der Waals surface area contributed by atoms with Crippen LogP contribution in [0.4, 0.5) is 11.7 Å². The van der Waals surface area contributed by atoms with Gasteiger partial charge in [-0.3, -0.25) is 0 Å². The van der Waals surface area contributed by atoms with Crippen LogP contribution in [0.15, 0.2) is 53.0 Å². The van der Waals surface area contributed by atoms with Gasteiger partial charge in [0.05, 0.1) is 25.6 Å². The molecular formula is C30H32N4O5. The van der Waals surface area contributed by atoms with Crippen molar-refractivity contribution in [2.24, 2.45) is 5.41 Å². The number of methoxy groups -OCH3 is 3. The highest BCUT2D eigenvalue weighted by Crippen LogP contribution is 2.75. The summed E-state index contributed by atoms with van der Waals surface area (Å²) in [5.74, 6) is 2.85. The maximum absolute atomic E-state index is 7.00. The van der Waals surface area contributed by atoms with Gasteiger partial charge >= 0.3 is 6.01 Å². The molecule has 3 heterocycles. The summed E-state index contributed by atoms with van der Waals surface area (Å²) in [7, 11) is 7.40. The number of nitrogens with zero attached hydrogens (tertiary/aromatic N) is 3. The topological polar surface area (TPSA) is 91.1 Å². The number of hydrogen-bond acceptors (Lipinski definition) is 9. The zero-order valence-electron chi connectivity index (χ0n) is 22.6. The fourth-order valence-corrected chi connectivity index (χ4v) is 8.71. The molecule has 1 aromatic heterocycles. The van der Waals surface area contributed by atoms with Crippen LogP contribution in [-0.4, -0.2) is 67.8 Å². The molecule has 0 radical (unpaired) electrons. The second-order valence-electron chi connectivity index (χ2n) is 11.5. The van der Waals surface area contributed by atoms with Crippen LogP contribution in [0.1, 0.15) is 35.8 Å². The standard InChI is InChI=1S/C30H32N4O5/c1-34-14-13-29-23-17-5-10-21(36-3)24(23)38-26(29)30(37-4)12-11-28(29,22(34)15-17)16-20(30)25-32-33-27(39-25)31-18-6-8-19(35-2)9-7-18/h5-12,20,22,26H,13-16H2,1-4H3,(H,31,33)/t20-,22-,26-,28-,29+,30-/m1/s1. The van der Waals surface area contributed by atoms with Crippen molar-refractivity contribution in [3.63, 3.8) is 0 Å². The first-order valence-corrected chi connectivity index (χ1v) is 13.6. The number of nitrogens with one attached hydrogen (secondary N) is 1. The van der Waals surface area contributed by atoms with Crippen LogP contribution in [0.3, 0.4) is 0 Å². The van der Waals surface area contributed by atoms with Crippen LogP contribution in [0.5, 0.6) is 17.2 Å². The van der Waals surface area contributed by atoms with E-state index in [0.717, 1.165) is 48.7 Å².